The lowest BCUT2D eigenvalue weighted by atomic mass is 10.1. The summed E-state index contributed by atoms with van der Waals surface area (Å²) in [6.45, 7) is 4.21. The Bertz CT molecular complexity index is 1090. The molecule has 0 spiro atoms. The molecule has 0 N–H and O–H groups in total. The zero-order chi connectivity index (χ0) is 20.7. The Morgan fingerprint density at radius 2 is 1.60 bits per heavy atom. The molecule has 0 atom stereocenters. The second-order valence-corrected chi connectivity index (χ2v) is 9.16. The van der Waals surface area contributed by atoms with Crippen LogP contribution >= 0.6 is 11.3 Å². The Morgan fingerprint density at radius 3 is 2.27 bits per heavy atom. The van der Waals surface area contributed by atoms with E-state index in [9.17, 15) is 9.59 Å². The van der Waals surface area contributed by atoms with Crippen molar-refractivity contribution in [2.45, 2.75) is 26.2 Å². The van der Waals surface area contributed by atoms with Crippen LogP contribution in [0.2, 0.25) is 0 Å². The molecule has 1 aromatic carbocycles. The van der Waals surface area contributed by atoms with Gasteiger partial charge in [-0.15, -0.1) is 11.3 Å². The maximum atomic E-state index is 13.3. The van der Waals surface area contributed by atoms with Crippen molar-refractivity contribution in [1.29, 1.82) is 0 Å². The van der Waals surface area contributed by atoms with Crippen LogP contribution in [0.15, 0.2) is 42.5 Å². The minimum Gasteiger partial charge on any atom is -0.334 e. The number of aromatic nitrogens is 2. The number of rotatable bonds is 3. The fourth-order valence-corrected chi connectivity index (χ4v) is 5.20. The summed E-state index contributed by atoms with van der Waals surface area (Å²) in [7, 11) is 0. The number of nitrogens with zero attached hydrogens (tertiary/aromatic N) is 4. The van der Waals surface area contributed by atoms with Gasteiger partial charge >= 0.3 is 0 Å². The molecule has 0 unspecified atom stereocenters. The van der Waals surface area contributed by atoms with Crippen LogP contribution < -0.4 is 0 Å². The lowest BCUT2D eigenvalue weighted by molar-refractivity contribution is 0.0534. The van der Waals surface area contributed by atoms with Gasteiger partial charge in [0.1, 0.15) is 0 Å². The number of piperazine rings is 1. The van der Waals surface area contributed by atoms with E-state index in [-0.39, 0.29) is 11.8 Å². The molecule has 2 aromatic heterocycles. The first-order valence-electron chi connectivity index (χ1n) is 10.4. The maximum absolute atomic E-state index is 13.3. The summed E-state index contributed by atoms with van der Waals surface area (Å²) in [5.41, 5.74) is 3.83. The summed E-state index contributed by atoms with van der Waals surface area (Å²) < 4.78 is 1.94. The molecule has 30 heavy (non-hydrogen) atoms. The highest BCUT2D eigenvalue weighted by Crippen LogP contribution is 2.29. The van der Waals surface area contributed by atoms with Crippen LogP contribution in [0.4, 0.5) is 0 Å². The first kappa shape index (κ1) is 19.1. The Labute approximate surface area is 179 Å². The van der Waals surface area contributed by atoms with Gasteiger partial charge in [-0.05, 0) is 50.5 Å². The molecule has 0 radical (unpaired) electrons. The van der Waals surface area contributed by atoms with Gasteiger partial charge in [-0.25, -0.2) is 4.68 Å². The fourth-order valence-electron chi connectivity index (χ4n) is 4.36. The number of fused-ring (bicyclic) bond motifs is 1. The fraction of sp³-hybridized carbons (Fsp3) is 0.348. The number of carbonyl (C=O) groups is 2. The third kappa shape index (κ3) is 3.33. The van der Waals surface area contributed by atoms with E-state index < -0.39 is 0 Å². The van der Waals surface area contributed by atoms with Crippen molar-refractivity contribution in [3.05, 3.63) is 69.2 Å². The van der Waals surface area contributed by atoms with E-state index in [1.165, 1.54) is 11.3 Å². The van der Waals surface area contributed by atoms with Crippen LogP contribution in [-0.4, -0.2) is 57.6 Å². The zero-order valence-electron chi connectivity index (χ0n) is 17.0. The monoisotopic (exact) mass is 420 g/mol. The number of carbonyl (C=O) groups excluding carboxylic acids is 2. The minimum atomic E-state index is -0.0121. The highest BCUT2D eigenvalue weighted by Gasteiger charge is 2.32. The van der Waals surface area contributed by atoms with Gasteiger partial charge in [0, 0.05) is 42.3 Å². The van der Waals surface area contributed by atoms with Crippen molar-refractivity contribution in [2.24, 2.45) is 0 Å². The molecule has 2 amide bonds. The molecule has 3 heterocycles. The average Bonchev–Trinajstić information content (AvgIpc) is 3.50. The molecule has 1 fully saturated rings. The number of hydrogen-bond acceptors (Lipinski definition) is 4. The Kier molecular flexibility index (Phi) is 4.90. The second-order valence-electron chi connectivity index (χ2n) is 7.87. The molecule has 2 aliphatic rings. The molecular formula is C23H24N4O2S. The van der Waals surface area contributed by atoms with Crippen LogP contribution in [-0.2, 0) is 12.8 Å². The molecule has 1 aliphatic carbocycles. The molecule has 5 rings (SSSR count). The quantitative estimate of drug-likeness (QED) is 0.653. The number of thiophene rings is 1. The predicted molar refractivity (Wildman–Crippen MR) is 116 cm³/mol. The number of para-hydroxylation sites is 1. The second kappa shape index (κ2) is 7.72. The van der Waals surface area contributed by atoms with E-state index >= 15 is 0 Å². The highest BCUT2D eigenvalue weighted by atomic mass is 32.1. The van der Waals surface area contributed by atoms with Gasteiger partial charge in [-0.3, -0.25) is 9.59 Å². The molecule has 0 bridgehead atoms. The molecule has 7 heteroatoms. The van der Waals surface area contributed by atoms with Crippen molar-refractivity contribution in [2.75, 3.05) is 26.2 Å². The van der Waals surface area contributed by atoms with E-state index in [0.717, 1.165) is 46.0 Å². The Hall–Kier alpha value is -2.93. The topological polar surface area (TPSA) is 58.4 Å². The van der Waals surface area contributed by atoms with Crippen LogP contribution in [0, 0.1) is 6.92 Å². The van der Waals surface area contributed by atoms with Crippen LogP contribution in [0.1, 0.15) is 42.7 Å². The smallest absolute Gasteiger partial charge is 0.274 e. The average molecular weight is 421 g/mol. The van der Waals surface area contributed by atoms with E-state index in [2.05, 4.69) is 0 Å². The Balaban J connectivity index is 1.32. The number of aryl methyl sites for hydroxylation is 1. The van der Waals surface area contributed by atoms with Crippen molar-refractivity contribution < 1.29 is 9.59 Å². The van der Waals surface area contributed by atoms with Crippen molar-refractivity contribution in [1.82, 2.24) is 19.6 Å². The third-order valence-corrected chi connectivity index (χ3v) is 6.93. The molecule has 1 aliphatic heterocycles. The molecule has 0 saturated carbocycles. The molecule has 6 nitrogen and oxygen atoms in total. The van der Waals surface area contributed by atoms with Crippen molar-refractivity contribution >= 4 is 23.2 Å². The van der Waals surface area contributed by atoms with Crippen LogP contribution in [0.3, 0.4) is 0 Å². The lowest BCUT2D eigenvalue weighted by Crippen LogP contribution is -2.50. The number of amides is 2. The molecule has 1 saturated heterocycles. The highest BCUT2D eigenvalue weighted by molar-refractivity contribution is 7.13. The molecular weight excluding hydrogens is 396 g/mol. The standard InChI is InChI=1S/C23H24N4O2S/c1-16-10-11-20(30-16)22(28)25-12-14-26(15-13-25)23(29)21-18-8-5-9-19(18)27(24-21)17-6-3-2-4-7-17/h2-4,6-7,10-11H,5,8-9,12-15H2,1H3. The van der Waals surface area contributed by atoms with E-state index in [1.807, 2.05) is 63.9 Å². The molecule has 154 valence electrons. The third-order valence-electron chi connectivity index (χ3n) is 5.94. The van der Waals surface area contributed by atoms with Gasteiger partial charge in [0.05, 0.1) is 10.6 Å². The van der Waals surface area contributed by atoms with Crippen LogP contribution in [0.5, 0.6) is 0 Å². The van der Waals surface area contributed by atoms with Gasteiger partial charge in [0.2, 0.25) is 0 Å². The SMILES string of the molecule is Cc1ccc(C(=O)N2CCN(C(=O)c3nn(-c4ccccc4)c4c3CCC4)CC2)s1. The van der Waals surface area contributed by atoms with Crippen molar-refractivity contribution in [3.8, 4) is 5.69 Å². The number of hydrogen-bond donors (Lipinski definition) is 0. The summed E-state index contributed by atoms with van der Waals surface area (Å²) in [5.74, 6) is 0.0522. The minimum absolute atomic E-state index is 0.0121. The molecule has 3 aromatic rings. The maximum Gasteiger partial charge on any atom is 0.274 e. The summed E-state index contributed by atoms with van der Waals surface area (Å²) in [4.78, 5) is 31.6. The van der Waals surface area contributed by atoms with Gasteiger partial charge in [0.25, 0.3) is 11.8 Å². The largest absolute Gasteiger partial charge is 0.334 e. The van der Waals surface area contributed by atoms with E-state index in [4.69, 9.17) is 5.10 Å². The van der Waals surface area contributed by atoms with Gasteiger partial charge < -0.3 is 9.80 Å². The Morgan fingerprint density at radius 1 is 0.900 bits per heavy atom. The first-order valence-corrected chi connectivity index (χ1v) is 11.2. The summed E-state index contributed by atoms with van der Waals surface area (Å²) in [6.07, 6.45) is 2.91. The van der Waals surface area contributed by atoms with Gasteiger partial charge in [-0.2, -0.15) is 5.10 Å². The summed E-state index contributed by atoms with van der Waals surface area (Å²) in [6, 6.07) is 13.9. The van der Waals surface area contributed by atoms with Gasteiger partial charge in [0.15, 0.2) is 5.69 Å². The first-order chi connectivity index (χ1) is 14.6. The number of benzene rings is 1. The zero-order valence-corrected chi connectivity index (χ0v) is 17.8. The summed E-state index contributed by atoms with van der Waals surface area (Å²) in [5, 5.41) is 4.73. The lowest BCUT2D eigenvalue weighted by Gasteiger charge is -2.34. The van der Waals surface area contributed by atoms with Crippen molar-refractivity contribution in [3.63, 3.8) is 0 Å². The van der Waals surface area contributed by atoms with E-state index in [0.29, 0.717) is 31.9 Å². The van der Waals surface area contributed by atoms with E-state index in [1.54, 1.807) is 0 Å². The van der Waals surface area contributed by atoms with Gasteiger partial charge in [-0.1, -0.05) is 18.2 Å². The summed E-state index contributed by atoms with van der Waals surface area (Å²) >= 11 is 1.52. The predicted octanol–water partition coefficient (Wildman–Crippen LogP) is 3.33. The normalized spacial score (nSPS) is 16.0. The van der Waals surface area contributed by atoms with Crippen LogP contribution in [0.25, 0.3) is 5.69 Å².